The van der Waals surface area contributed by atoms with Gasteiger partial charge in [-0.15, -0.1) is 0 Å². The van der Waals surface area contributed by atoms with Gasteiger partial charge in [-0.2, -0.15) is 0 Å². The summed E-state index contributed by atoms with van der Waals surface area (Å²) < 4.78 is 7.57. The molecule has 4 aromatic rings. The Morgan fingerprint density at radius 2 is 1.70 bits per heavy atom. The molecule has 1 aliphatic heterocycles. The Morgan fingerprint density at radius 1 is 0.967 bits per heavy atom. The molecule has 30 heavy (non-hydrogen) atoms. The number of rotatable bonds is 5. The number of imidazole rings is 1. The Bertz CT molecular complexity index is 1130. The van der Waals surface area contributed by atoms with Crippen molar-refractivity contribution in [3.63, 3.8) is 0 Å². The fourth-order valence-corrected chi connectivity index (χ4v) is 3.83. The van der Waals surface area contributed by atoms with Gasteiger partial charge >= 0.3 is 0 Å². The first-order chi connectivity index (χ1) is 14.8. The van der Waals surface area contributed by atoms with Crippen molar-refractivity contribution in [1.82, 2.24) is 19.4 Å². The van der Waals surface area contributed by atoms with Crippen LogP contribution in [0.15, 0.2) is 61.2 Å². The van der Waals surface area contributed by atoms with Gasteiger partial charge in [-0.05, 0) is 35.7 Å². The number of fused-ring (bicyclic) bond motifs is 1. The molecule has 0 atom stereocenters. The van der Waals surface area contributed by atoms with Gasteiger partial charge in [0.2, 0.25) is 0 Å². The molecule has 1 aliphatic rings. The number of hydrogen-bond donors (Lipinski definition) is 1. The highest BCUT2D eigenvalue weighted by Crippen LogP contribution is 2.25. The van der Waals surface area contributed by atoms with Gasteiger partial charge in [0.25, 0.3) is 0 Å². The second kappa shape index (κ2) is 8.12. The molecular weight excluding hydrogens is 376 g/mol. The minimum Gasteiger partial charge on any atom is -0.378 e. The van der Waals surface area contributed by atoms with Crippen LogP contribution in [0.3, 0.4) is 0 Å². The summed E-state index contributed by atoms with van der Waals surface area (Å²) in [5.41, 5.74) is 5.42. The lowest BCUT2D eigenvalue weighted by molar-refractivity contribution is 0.122. The quantitative estimate of drug-likeness (QED) is 0.553. The molecule has 0 saturated carbocycles. The van der Waals surface area contributed by atoms with Gasteiger partial charge in [-0.3, -0.25) is 9.38 Å². The number of aryl methyl sites for hydroxylation is 1. The van der Waals surface area contributed by atoms with Crippen molar-refractivity contribution in [2.45, 2.75) is 13.5 Å². The summed E-state index contributed by atoms with van der Waals surface area (Å²) >= 11 is 0. The fourth-order valence-electron chi connectivity index (χ4n) is 3.83. The first kappa shape index (κ1) is 18.6. The zero-order valence-corrected chi connectivity index (χ0v) is 17.0. The van der Waals surface area contributed by atoms with Crippen molar-refractivity contribution in [2.24, 2.45) is 0 Å². The van der Waals surface area contributed by atoms with Gasteiger partial charge in [0.15, 0.2) is 11.5 Å². The van der Waals surface area contributed by atoms with Crippen LogP contribution < -0.4 is 10.2 Å². The van der Waals surface area contributed by atoms with Crippen LogP contribution in [0.2, 0.25) is 0 Å². The van der Waals surface area contributed by atoms with E-state index >= 15 is 0 Å². The van der Waals surface area contributed by atoms with E-state index in [0.29, 0.717) is 0 Å². The summed E-state index contributed by atoms with van der Waals surface area (Å²) in [5, 5.41) is 3.56. The standard InChI is InChI=1S/C23H24N6O/c1-17-21(26-16-18-2-4-19(5-3-18)20-6-8-24-9-7-20)29-11-10-25-22(23(29)27-17)28-12-14-30-15-13-28/h2-11,26H,12-16H2,1H3. The lowest BCUT2D eigenvalue weighted by Gasteiger charge is -2.27. The Kier molecular flexibility index (Phi) is 5.03. The van der Waals surface area contributed by atoms with Crippen molar-refractivity contribution in [3.05, 3.63) is 72.4 Å². The average molecular weight is 400 g/mol. The molecule has 4 heterocycles. The lowest BCUT2D eigenvalue weighted by atomic mass is 10.1. The van der Waals surface area contributed by atoms with Gasteiger partial charge < -0.3 is 15.0 Å². The predicted octanol–water partition coefficient (Wildman–Crippen LogP) is 3.55. The van der Waals surface area contributed by atoms with Crippen LogP contribution in [0.25, 0.3) is 16.8 Å². The molecule has 0 amide bonds. The Morgan fingerprint density at radius 3 is 2.47 bits per heavy atom. The number of hydrogen-bond acceptors (Lipinski definition) is 6. The predicted molar refractivity (Wildman–Crippen MR) is 118 cm³/mol. The number of benzene rings is 1. The third kappa shape index (κ3) is 3.59. The zero-order valence-electron chi connectivity index (χ0n) is 17.0. The van der Waals surface area contributed by atoms with Crippen LogP contribution in [0.5, 0.6) is 0 Å². The number of morpholine rings is 1. The number of nitrogens with one attached hydrogen (secondary N) is 1. The molecular formula is C23H24N6O. The molecule has 0 spiro atoms. The van der Waals surface area contributed by atoms with E-state index in [0.717, 1.165) is 55.8 Å². The van der Waals surface area contributed by atoms with Gasteiger partial charge in [-0.1, -0.05) is 24.3 Å². The van der Waals surface area contributed by atoms with E-state index in [9.17, 15) is 0 Å². The molecule has 1 fully saturated rings. The first-order valence-electron chi connectivity index (χ1n) is 10.2. The van der Waals surface area contributed by atoms with E-state index in [2.05, 4.69) is 48.9 Å². The summed E-state index contributed by atoms with van der Waals surface area (Å²) in [7, 11) is 0. The SMILES string of the molecule is Cc1nc2c(N3CCOCC3)nccn2c1NCc1ccc(-c2ccncc2)cc1. The van der Waals surface area contributed by atoms with E-state index < -0.39 is 0 Å². The van der Waals surface area contributed by atoms with Crippen molar-refractivity contribution < 1.29 is 4.74 Å². The molecule has 5 rings (SSSR count). The van der Waals surface area contributed by atoms with Crippen LogP contribution in [-0.2, 0) is 11.3 Å². The first-order valence-corrected chi connectivity index (χ1v) is 10.2. The van der Waals surface area contributed by atoms with Gasteiger partial charge in [-0.25, -0.2) is 9.97 Å². The molecule has 3 aromatic heterocycles. The Balaban J connectivity index is 1.36. The smallest absolute Gasteiger partial charge is 0.182 e. The van der Waals surface area contributed by atoms with Crippen LogP contribution in [0.4, 0.5) is 11.6 Å². The molecule has 0 aliphatic carbocycles. The van der Waals surface area contributed by atoms with Crippen LogP contribution >= 0.6 is 0 Å². The maximum Gasteiger partial charge on any atom is 0.182 e. The molecule has 1 N–H and O–H groups in total. The maximum absolute atomic E-state index is 5.47. The highest BCUT2D eigenvalue weighted by molar-refractivity contribution is 5.69. The second-order valence-corrected chi connectivity index (χ2v) is 7.38. The maximum atomic E-state index is 5.47. The summed E-state index contributed by atoms with van der Waals surface area (Å²) in [6.45, 7) is 5.88. The summed E-state index contributed by atoms with van der Waals surface area (Å²) in [6, 6.07) is 12.6. The van der Waals surface area contributed by atoms with Gasteiger partial charge in [0.05, 0.1) is 18.9 Å². The van der Waals surface area contributed by atoms with Crippen LogP contribution in [0, 0.1) is 6.92 Å². The highest BCUT2D eigenvalue weighted by Gasteiger charge is 2.19. The lowest BCUT2D eigenvalue weighted by Crippen LogP contribution is -2.37. The largest absolute Gasteiger partial charge is 0.378 e. The van der Waals surface area contributed by atoms with Gasteiger partial charge in [0.1, 0.15) is 5.82 Å². The summed E-state index contributed by atoms with van der Waals surface area (Å²) in [6.07, 6.45) is 7.44. The van der Waals surface area contributed by atoms with E-state index in [4.69, 9.17) is 9.72 Å². The summed E-state index contributed by atoms with van der Waals surface area (Å²) in [4.78, 5) is 15.7. The van der Waals surface area contributed by atoms with Crippen LogP contribution in [0.1, 0.15) is 11.3 Å². The van der Waals surface area contributed by atoms with E-state index in [1.54, 1.807) is 0 Å². The van der Waals surface area contributed by atoms with E-state index in [-0.39, 0.29) is 0 Å². The van der Waals surface area contributed by atoms with Crippen molar-refractivity contribution in [3.8, 4) is 11.1 Å². The molecule has 7 heteroatoms. The molecule has 0 unspecified atom stereocenters. The number of anilines is 2. The topological polar surface area (TPSA) is 67.6 Å². The van der Waals surface area contributed by atoms with Crippen molar-refractivity contribution in [2.75, 3.05) is 36.5 Å². The number of ether oxygens (including phenoxy) is 1. The molecule has 0 bridgehead atoms. The highest BCUT2D eigenvalue weighted by atomic mass is 16.5. The van der Waals surface area contributed by atoms with Gasteiger partial charge in [0, 0.05) is 44.4 Å². The third-order valence-electron chi connectivity index (χ3n) is 5.44. The van der Waals surface area contributed by atoms with E-state index in [1.165, 1.54) is 16.7 Å². The van der Waals surface area contributed by atoms with Crippen molar-refractivity contribution >= 4 is 17.3 Å². The Labute approximate surface area is 175 Å². The van der Waals surface area contributed by atoms with E-state index in [1.807, 2.05) is 43.8 Å². The zero-order chi connectivity index (χ0) is 20.3. The average Bonchev–Trinajstić information content (AvgIpc) is 3.14. The molecule has 152 valence electrons. The second-order valence-electron chi connectivity index (χ2n) is 7.38. The molecule has 0 radical (unpaired) electrons. The normalized spacial score (nSPS) is 14.2. The van der Waals surface area contributed by atoms with Crippen molar-refractivity contribution in [1.29, 1.82) is 0 Å². The summed E-state index contributed by atoms with van der Waals surface area (Å²) in [5.74, 6) is 1.92. The number of aromatic nitrogens is 4. The molecule has 7 nitrogen and oxygen atoms in total. The number of nitrogens with zero attached hydrogens (tertiary/aromatic N) is 5. The number of pyridine rings is 1. The third-order valence-corrected chi connectivity index (χ3v) is 5.44. The Hall–Kier alpha value is -3.45. The van der Waals surface area contributed by atoms with Crippen LogP contribution in [-0.4, -0.2) is 45.7 Å². The molecule has 1 aromatic carbocycles. The minimum absolute atomic E-state index is 0.723. The minimum atomic E-state index is 0.723. The molecule has 1 saturated heterocycles. The fraction of sp³-hybridized carbons (Fsp3) is 0.261. The monoisotopic (exact) mass is 400 g/mol.